The number of nitrogen functional groups attached to an aromatic ring is 1. The van der Waals surface area contributed by atoms with E-state index < -0.39 is 0 Å². The Morgan fingerprint density at radius 3 is 2.29 bits per heavy atom. The lowest BCUT2D eigenvalue weighted by atomic mass is 9.96. The van der Waals surface area contributed by atoms with Crippen molar-refractivity contribution in [2.24, 2.45) is 0 Å². The van der Waals surface area contributed by atoms with Crippen LogP contribution in [0.4, 0.5) is 5.69 Å². The Labute approximate surface area is 111 Å². The highest BCUT2D eigenvalue weighted by molar-refractivity contribution is 9.10. The normalized spacial score (nSPS) is 10.5. The molecule has 2 aromatic rings. The van der Waals surface area contributed by atoms with E-state index >= 15 is 0 Å². The first-order chi connectivity index (χ1) is 8.08. The van der Waals surface area contributed by atoms with Crippen LogP contribution in [0.25, 0.3) is 0 Å². The summed E-state index contributed by atoms with van der Waals surface area (Å²) in [4.78, 5) is 0. The zero-order valence-corrected chi connectivity index (χ0v) is 11.7. The number of halogens is 1. The molecule has 88 valence electrons. The van der Waals surface area contributed by atoms with Crippen LogP contribution >= 0.6 is 15.9 Å². The van der Waals surface area contributed by atoms with E-state index in [0.29, 0.717) is 0 Å². The van der Waals surface area contributed by atoms with E-state index in [0.717, 1.165) is 16.6 Å². The fourth-order valence-electron chi connectivity index (χ4n) is 2.03. The van der Waals surface area contributed by atoms with Crippen LogP contribution in [-0.4, -0.2) is 0 Å². The summed E-state index contributed by atoms with van der Waals surface area (Å²) in [5, 5.41) is 0. The van der Waals surface area contributed by atoms with Gasteiger partial charge in [0.15, 0.2) is 0 Å². The van der Waals surface area contributed by atoms with Crippen LogP contribution in [0.3, 0.4) is 0 Å². The van der Waals surface area contributed by atoms with E-state index in [1.54, 1.807) is 0 Å². The molecule has 0 saturated heterocycles. The molecule has 0 unspecified atom stereocenters. The minimum absolute atomic E-state index is 0.794. The molecular formula is C15H16BrN. The Morgan fingerprint density at radius 2 is 1.71 bits per heavy atom. The lowest BCUT2D eigenvalue weighted by molar-refractivity contribution is 1.11. The van der Waals surface area contributed by atoms with Crippen LogP contribution in [0.5, 0.6) is 0 Å². The Balaban J connectivity index is 2.38. The summed E-state index contributed by atoms with van der Waals surface area (Å²) >= 11 is 3.57. The van der Waals surface area contributed by atoms with Crippen molar-refractivity contribution in [3.8, 4) is 0 Å². The molecule has 2 rings (SSSR count). The van der Waals surface area contributed by atoms with Gasteiger partial charge in [0.2, 0.25) is 0 Å². The van der Waals surface area contributed by atoms with Crippen molar-refractivity contribution in [1.29, 1.82) is 0 Å². The van der Waals surface area contributed by atoms with Gasteiger partial charge in [-0.05, 0) is 54.7 Å². The summed E-state index contributed by atoms with van der Waals surface area (Å²) < 4.78 is 1.08. The largest absolute Gasteiger partial charge is 0.399 e. The smallest absolute Gasteiger partial charge is 0.0325 e. The van der Waals surface area contributed by atoms with Crippen LogP contribution in [-0.2, 0) is 6.42 Å². The van der Waals surface area contributed by atoms with Gasteiger partial charge in [-0.2, -0.15) is 0 Å². The molecule has 0 aliphatic heterocycles. The highest BCUT2D eigenvalue weighted by Crippen LogP contribution is 2.25. The van der Waals surface area contributed by atoms with Crippen LogP contribution in [0.2, 0.25) is 0 Å². The van der Waals surface area contributed by atoms with Crippen LogP contribution in [0.1, 0.15) is 22.3 Å². The van der Waals surface area contributed by atoms with Gasteiger partial charge in [0.1, 0.15) is 0 Å². The lowest BCUT2D eigenvalue weighted by Crippen LogP contribution is -1.97. The molecule has 0 atom stereocenters. The lowest BCUT2D eigenvalue weighted by Gasteiger charge is -2.11. The van der Waals surface area contributed by atoms with Gasteiger partial charge in [0.05, 0.1) is 0 Å². The van der Waals surface area contributed by atoms with Crippen molar-refractivity contribution in [2.45, 2.75) is 20.3 Å². The molecule has 17 heavy (non-hydrogen) atoms. The fourth-order valence-corrected chi connectivity index (χ4v) is 2.56. The van der Waals surface area contributed by atoms with E-state index in [1.807, 2.05) is 12.1 Å². The summed E-state index contributed by atoms with van der Waals surface area (Å²) in [6.45, 7) is 4.32. The fraction of sp³-hybridized carbons (Fsp3) is 0.200. The molecule has 2 N–H and O–H groups in total. The molecule has 0 fully saturated rings. The van der Waals surface area contributed by atoms with Crippen molar-refractivity contribution >= 4 is 21.6 Å². The number of hydrogen-bond donors (Lipinski definition) is 1. The van der Waals surface area contributed by atoms with Crippen molar-refractivity contribution < 1.29 is 0 Å². The molecular weight excluding hydrogens is 274 g/mol. The van der Waals surface area contributed by atoms with E-state index in [4.69, 9.17) is 5.73 Å². The van der Waals surface area contributed by atoms with Crippen molar-refractivity contribution in [1.82, 2.24) is 0 Å². The van der Waals surface area contributed by atoms with Crippen LogP contribution in [0.15, 0.2) is 40.9 Å². The van der Waals surface area contributed by atoms with E-state index in [-0.39, 0.29) is 0 Å². The number of hydrogen-bond acceptors (Lipinski definition) is 1. The molecule has 0 aliphatic carbocycles. The number of anilines is 1. The predicted octanol–water partition coefficient (Wildman–Crippen LogP) is 4.24. The average molecular weight is 290 g/mol. The topological polar surface area (TPSA) is 26.0 Å². The molecule has 0 heterocycles. The monoisotopic (exact) mass is 289 g/mol. The highest BCUT2D eigenvalue weighted by Gasteiger charge is 2.06. The predicted molar refractivity (Wildman–Crippen MR) is 77.3 cm³/mol. The van der Waals surface area contributed by atoms with Gasteiger partial charge in [-0.1, -0.05) is 40.2 Å². The van der Waals surface area contributed by atoms with Crippen molar-refractivity contribution in [2.75, 3.05) is 5.73 Å². The van der Waals surface area contributed by atoms with Gasteiger partial charge in [-0.3, -0.25) is 0 Å². The SMILES string of the molecule is Cc1cccc(C)c1Cc1ccc(N)cc1Br. The van der Waals surface area contributed by atoms with E-state index in [2.05, 4.69) is 54.0 Å². The summed E-state index contributed by atoms with van der Waals surface area (Å²) in [5.41, 5.74) is 11.9. The Hall–Kier alpha value is -1.28. The number of benzene rings is 2. The third kappa shape index (κ3) is 2.70. The Morgan fingerprint density at radius 1 is 1.06 bits per heavy atom. The van der Waals surface area contributed by atoms with Gasteiger partial charge in [-0.15, -0.1) is 0 Å². The molecule has 0 saturated carbocycles. The van der Waals surface area contributed by atoms with E-state index in [9.17, 15) is 0 Å². The maximum absolute atomic E-state index is 5.75. The standard InChI is InChI=1S/C15H16BrN/c1-10-4-3-5-11(2)14(10)8-12-6-7-13(17)9-15(12)16/h3-7,9H,8,17H2,1-2H3. The number of rotatable bonds is 2. The van der Waals surface area contributed by atoms with Gasteiger partial charge >= 0.3 is 0 Å². The maximum Gasteiger partial charge on any atom is 0.0325 e. The molecule has 2 aromatic carbocycles. The van der Waals surface area contributed by atoms with Gasteiger partial charge in [0, 0.05) is 10.2 Å². The molecule has 1 nitrogen and oxygen atoms in total. The molecule has 0 radical (unpaired) electrons. The second kappa shape index (κ2) is 4.92. The first kappa shape index (κ1) is 12.2. The summed E-state index contributed by atoms with van der Waals surface area (Å²) in [5.74, 6) is 0. The zero-order valence-electron chi connectivity index (χ0n) is 10.1. The second-order valence-electron chi connectivity index (χ2n) is 4.40. The minimum Gasteiger partial charge on any atom is -0.399 e. The first-order valence-corrected chi connectivity index (χ1v) is 6.46. The summed E-state index contributed by atoms with van der Waals surface area (Å²) in [7, 11) is 0. The van der Waals surface area contributed by atoms with Gasteiger partial charge < -0.3 is 5.73 Å². The average Bonchev–Trinajstić information content (AvgIpc) is 2.26. The quantitative estimate of drug-likeness (QED) is 0.823. The summed E-state index contributed by atoms with van der Waals surface area (Å²) in [6, 6.07) is 12.4. The minimum atomic E-state index is 0.794. The molecule has 0 aromatic heterocycles. The van der Waals surface area contributed by atoms with Crippen molar-refractivity contribution in [3.63, 3.8) is 0 Å². The Bertz CT molecular complexity index is 526. The number of aryl methyl sites for hydroxylation is 2. The Kier molecular flexibility index (Phi) is 3.53. The number of nitrogens with two attached hydrogens (primary N) is 1. The molecule has 0 bridgehead atoms. The zero-order chi connectivity index (χ0) is 12.4. The molecule has 0 amide bonds. The highest BCUT2D eigenvalue weighted by atomic mass is 79.9. The molecule has 0 spiro atoms. The van der Waals surface area contributed by atoms with Crippen LogP contribution in [0, 0.1) is 13.8 Å². The van der Waals surface area contributed by atoms with Crippen LogP contribution < -0.4 is 5.73 Å². The third-order valence-electron chi connectivity index (χ3n) is 3.09. The summed E-state index contributed by atoms with van der Waals surface area (Å²) in [6.07, 6.45) is 0.944. The first-order valence-electron chi connectivity index (χ1n) is 5.67. The molecule has 2 heteroatoms. The van der Waals surface area contributed by atoms with E-state index in [1.165, 1.54) is 22.3 Å². The van der Waals surface area contributed by atoms with Crippen molar-refractivity contribution in [3.05, 3.63) is 63.1 Å². The third-order valence-corrected chi connectivity index (χ3v) is 3.83. The maximum atomic E-state index is 5.75. The second-order valence-corrected chi connectivity index (χ2v) is 5.25. The van der Waals surface area contributed by atoms with Gasteiger partial charge in [0.25, 0.3) is 0 Å². The van der Waals surface area contributed by atoms with Gasteiger partial charge in [-0.25, -0.2) is 0 Å². The molecule has 0 aliphatic rings.